The first kappa shape index (κ1) is 16.7. The fourth-order valence-electron chi connectivity index (χ4n) is 3.18. The summed E-state index contributed by atoms with van der Waals surface area (Å²) in [6, 6.07) is 14.3. The smallest absolute Gasteiger partial charge is 0.255 e. The minimum Gasteiger partial charge on any atom is -0.332 e. The lowest BCUT2D eigenvalue weighted by molar-refractivity contribution is 0.554. The van der Waals surface area contributed by atoms with E-state index in [1.54, 1.807) is 24.4 Å². The molecule has 0 saturated heterocycles. The monoisotopic (exact) mass is 368 g/mol. The van der Waals surface area contributed by atoms with Crippen molar-refractivity contribution in [2.75, 3.05) is 12.3 Å². The second-order valence-electron chi connectivity index (χ2n) is 6.23. The summed E-state index contributed by atoms with van der Waals surface area (Å²) in [4.78, 5) is 1.81. The van der Waals surface area contributed by atoms with Gasteiger partial charge in [0.15, 0.2) is 5.84 Å². The third-order valence-electron chi connectivity index (χ3n) is 4.43. The Kier molecular flexibility index (Phi) is 4.20. The fourth-order valence-corrected chi connectivity index (χ4v) is 4.23. The van der Waals surface area contributed by atoms with Gasteiger partial charge in [0.2, 0.25) is 0 Å². The van der Waals surface area contributed by atoms with Crippen LogP contribution in [0.25, 0.3) is 16.7 Å². The van der Waals surface area contributed by atoms with Crippen LogP contribution in [0.5, 0.6) is 0 Å². The molecule has 0 spiro atoms. The van der Waals surface area contributed by atoms with E-state index in [4.69, 9.17) is 0 Å². The molecular formula is C20H17FN2O2S. The number of hydrogen-bond donors (Lipinski definition) is 0. The van der Waals surface area contributed by atoms with Crippen molar-refractivity contribution in [3.05, 3.63) is 78.3 Å². The summed E-state index contributed by atoms with van der Waals surface area (Å²) in [6.45, 7) is 0.566. The zero-order chi connectivity index (χ0) is 18.1. The Morgan fingerprint density at radius 1 is 1.04 bits per heavy atom. The zero-order valence-corrected chi connectivity index (χ0v) is 14.8. The fraction of sp³-hybridized carbons (Fsp3) is 0.150. The average molecular weight is 368 g/mol. The minimum atomic E-state index is -3.51. The number of nitrogens with zero attached hydrogens (tertiary/aromatic N) is 2. The lowest BCUT2D eigenvalue weighted by Crippen LogP contribution is -2.28. The molecule has 2 aromatic rings. The molecule has 0 amide bonds. The van der Waals surface area contributed by atoms with Crippen molar-refractivity contribution >= 4 is 21.4 Å². The Hall–Kier alpha value is -2.73. The molecule has 26 heavy (non-hydrogen) atoms. The highest BCUT2D eigenvalue weighted by Gasteiger charge is 2.25. The molecule has 0 fully saturated rings. The van der Waals surface area contributed by atoms with Gasteiger partial charge in [0.25, 0.3) is 10.0 Å². The first-order chi connectivity index (χ1) is 12.5. The lowest BCUT2D eigenvalue weighted by Gasteiger charge is -2.24. The van der Waals surface area contributed by atoms with Crippen molar-refractivity contribution in [3.63, 3.8) is 0 Å². The van der Waals surface area contributed by atoms with Crippen LogP contribution >= 0.6 is 0 Å². The number of amidine groups is 1. The molecule has 2 aromatic carbocycles. The third-order valence-corrected chi connectivity index (χ3v) is 5.69. The van der Waals surface area contributed by atoms with Crippen LogP contribution in [0.2, 0.25) is 0 Å². The predicted molar refractivity (Wildman–Crippen MR) is 101 cm³/mol. The molecule has 2 aliphatic rings. The van der Waals surface area contributed by atoms with E-state index < -0.39 is 10.0 Å². The van der Waals surface area contributed by atoms with Gasteiger partial charge in [-0.1, -0.05) is 42.5 Å². The highest BCUT2D eigenvalue weighted by Crippen LogP contribution is 2.29. The van der Waals surface area contributed by atoms with Gasteiger partial charge in [-0.3, -0.25) is 0 Å². The van der Waals surface area contributed by atoms with Gasteiger partial charge in [0.1, 0.15) is 5.82 Å². The van der Waals surface area contributed by atoms with Gasteiger partial charge >= 0.3 is 0 Å². The van der Waals surface area contributed by atoms with Crippen LogP contribution in [-0.4, -0.2) is 31.5 Å². The lowest BCUT2D eigenvalue weighted by atomic mass is 9.97. The second-order valence-corrected chi connectivity index (χ2v) is 7.99. The molecule has 2 heterocycles. The van der Waals surface area contributed by atoms with Crippen LogP contribution in [0.3, 0.4) is 0 Å². The Labute approximate surface area is 152 Å². The van der Waals surface area contributed by atoms with Gasteiger partial charge in [-0.25, -0.2) is 12.8 Å². The molecule has 6 heteroatoms. The summed E-state index contributed by atoms with van der Waals surface area (Å²) in [5.41, 5.74) is 2.52. The largest absolute Gasteiger partial charge is 0.332 e. The topological polar surface area (TPSA) is 49.7 Å². The van der Waals surface area contributed by atoms with E-state index in [9.17, 15) is 12.8 Å². The van der Waals surface area contributed by atoms with Crippen LogP contribution in [0.4, 0.5) is 4.39 Å². The second kappa shape index (κ2) is 6.53. The van der Waals surface area contributed by atoms with E-state index in [1.807, 2.05) is 41.3 Å². The van der Waals surface area contributed by atoms with E-state index in [-0.39, 0.29) is 11.6 Å². The van der Waals surface area contributed by atoms with E-state index in [0.717, 1.165) is 5.56 Å². The van der Waals surface area contributed by atoms with E-state index in [0.29, 0.717) is 35.5 Å². The number of halogens is 1. The highest BCUT2D eigenvalue weighted by atomic mass is 32.2. The maximum atomic E-state index is 14.7. The zero-order valence-electron chi connectivity index (χ0n) is 14.0. The molecule has 4 rings (SSSR count). The SMILES string of the molecule is O=S1(=O)CCCN2C=CC=C(c3ccc(-c4ccccc4)c(F)c3)C2=N1. The predicted octanol–water partition coefficient (Wildman–Crippen LogP) is 3.84. The quantitative estimate of drug-likeness (QED) is 0.809. The summed E-state index contributed by atoms with van der Waals surface area (Å²) >= 11 is 0. The summed E-state index contributed by atoms with van der Waals surface area (Å²) < 4.78 is 42.8. The first-order valence-corrected chi connectivity index (χ1v) is 9.98. The van der Waals surface area contributed by atoms with E-state index >= 15 is 0 Å². The van der Waals surface area contributed by atoms with Crippen molar-refractivity contribution in [1.29, 1.82) is 0 Å². The number of rotatable bonds is 2. The number of sulfonamides is 1. The van der Waals surface area contributed by atoms with Crippen LogP contribution in [0.1, 0.15) is 12.0 Å². The van der Waals surface area contributed by atoms with Crippen LogP contribution in [0.15, 0.2) is 71.3 Å². The maximum absolute atomic E-state index is 14.7. The van der Waals surface area contributed by atoms with Crippen LogP contribution < -0.4 is 0 Å². The molecule has 4 nitrogen and oxygen atoms in total. The van der Waals surface area contributed by atoms with Gasteiger partial charge in [-0.15, -0.1) is 4.40 Å². The van der Waals surface area contributed by atoms with Gasteiger partial charge in [-0.05, 0) is 35.8 Å². The summed E-state index contributed by atoms with van der Waals surface area (Å²) in [7, 11) is -3.51. The normalized spacial score (nSPS) is 18.6. The number of benzene rings is 2. The van der Waals surface area contributed by atoms with Crippen LogP contribution in [0, 0.1) is 5.82 Å². The molecule has 0 saturated carbocycles. The molecule has 132 valence electrons. The van der Waals surface area contributed by atoms with Gasteiger partial charge < -0.3 is 4.90 Å². The molecule has 0 N–H and O–H groups in total. The van der Waals surface area contributed by atoms with Crippen molar-refractivity contribution in [2.45, 2.75) is 6.42 Å². The van der Waals surface area contributed by atoms with Crippen molar-refractivity contribution in [3.8, 4) is 11.1 Å². The Bertz CT molecular complexity index is 1040. The van der Waals surface area contributed by atoms with Crippen molar-refractivity contribution in [2.24, 2.45) is 4.40 Å². The Morgan fingerprint density at radius 2 is 1.85 bits per heavy atom. The summed E-state index contributed by atoms with van der Waals surface area (Å²) in [6.07, 6.45) is 5.91. The Morgan fingerprint density at radius 3 is 2.62 bits per heavy atom. The van der Waals surface area contributed by atoms with Gasteiger partial charge in [0.05, 0.1) is 5.75 Å². The molecule has 2 aliphatic heterocycles. The molecule has 0 bridgehead atoms. The van der Waals surface area contributed by atoms with Gasteiger partial charge in [-0.2, -0.15) is 0 Å². The number of allylic oxidation sites excluding steroid dienone is 2. The number of fused-ring (bicyclic) bond motifs is 1. The molecule has 0 unspecified atom stereocenters. The van der Waals surface area contributed by atoms with Crippen molar-refractivity contribution < 1.29 is 12.8 Å². The maximum Gasteiger partial charge on any atom is 0.255 e. The van der Waals surface area contributed by atoms with E-state index in [1.165, 1.54) is 6.07 Å². The molecule has 0 atom stereocenters. The standard InChI is InChI=1S/C20H17FN2O2S/c21-19-14-16(9-10-17(19)15-6-2-1-3-7-15)18-8-4-11-23-12-5-13-26(24,25)22-20(18)23/h1-4,6-11,14H,5,12-13H2. The average Bonchev–Trinajstić information content (AvgIpc) is 2.79. The third kappa shape index (κ3) is 3.20. The van der Waals surface area contributed by atoms with Crippen molar-refractivity contribution in [1.82, 2.24) is 4.90 Å². The summed E-state index contributed by atoms with van der Waals surface area (Å²) in [5.74, 6) is 0.0275. The Balaban J connectivity index is 1.77. The molecular weight excluding hydrogens is 351 g/mol. The van der Waals surface area contributed by atoms with Gasteiger partial charge in [0, 0.05) is 23.9 Å². The minimum absolute atomic E-state index is 0.0232. The molecule has 0 aromatic heterocycles. The summed E-state index contributed by atoms with van der Waals surface area (Å²) in [5, 5.41) is 0. The first-order valence-electron chi connectivity index (χ1n) is 8.37. The van der Waals surface area contributed by atoms with E-state index in [2.05, 4.69) is 4.40 Å². The number of hydrogen-bond acceptors (Lipinski definition) is 3. The highest BCUT2D eigenvalue weighted by molar-refractivity contribution is 7.90. The molecule has 0 radical (unpaired) electrons. The molecule has 0 aliphatic carbocycles. The van der Waals surface area contributed by atoms with Crippen LogP contribution in [-0.2, 0) is 10.0 Å².